The second-order valence-electron chi connectivity index (χ2n) is 11.2. The molecule has 51 heavy (non-hydrogen) atoms. The Morgan fingerprint density at radius 3 is 1.04 bits per heavy atom. The van der Waals surface area contributed by atoms with Crippen molar-refractivity contribution in [2.45, 2.75) is 26.7 Å². The quantitative estimate of drug-likeness (QED) is 0.0777. The molecule has 0 aliphatic carbocycles. The number of aryl methyl sites for hydroxylation is 2. The van der Waals surface area contributed by atoms with Gasteiger partial charge in [0, 0.05) is 16.5 Å². The average Bonchev–Trinajstić information content (AvgIpc) is 3.18. The first-order valence-electron chi connectivity index (χ1n) is 16.4. The Morgan fingerprint density at radius 2 is 0.725 bits per heavy atom. The van der Waals surface area contributed by atoms with Crippen molar-refractivity contribution in [3.8, 4) is 23.0 Å². The summed E-state index contributed by atoms with van der Waals surface area (Å²) >= 11 is 22.7. The van der Waals surface area contributed by atoms with Crippen LogP contribution in [-0.2, 0) is 79.8 Å². The fourth-order valence-corrected chi connectivity index (χ4v) is 6.09. The number of ether oxygens (including phenoxy) is 2. The summed E-state index contributed by atoms with van der Waals surface area (Å²) in [4.78, 5) is 2.62. The van der Waals surface area contributed by atoms with Crippen LogP contribution in [0.3, 0.4) is 0 Å². The molecule has 0 saturated heterocycles. The molecule has 0 aliphatic rings. The molecule has 7 heteroatoms. The van der Waals surface area contributed by atoms with Crippen molar-refractivity contribution in [3.63, 3.8) is 0 Å². The first kappa shape index (κ1) is 39.6. The fraction of sp³-hybridized carbons (Fsp3) is 0.0909. The van der Waals surface area contributed by atoms with E-state index in [-0.39, 0.29) is 16.5 Å². The predicted octanol–water partition coefficient (Wildman–Crippen LogP) is 11.9. The molecule has 0 aliphatic heterocycles. The third kappa shape index (κ3) is 10.9. The zero-order chi connectivity index (χ0) is 35.3. The van der Waals surface area contributed by atoms with Crippen molar-refractivity contribution in [1.29, 1.82) is 0 Å². The van der Waals surface area contributed by atoms with Crippen LogP contribution in [0.5, 0.6) is 23.0 Å². The molecule has 0 bridgehead atoms. The van der Waals surface area contributed by atoms with E-state index in [1.165, 1.54) is 11.1 Å². The molecule has 262 valence electrons. The van der Waals surface area contributed by atoms with Crippen molar-refractivity contribution in [3.05, 3.63) is 191 Å². The van der Waals surface area contributed by atoms with Crippen LogP contribution in [0.4, 0.5) is 0 Å². The van der Waals surface area contributed by atoms with Crippen molar-refractivity contribution < 1.29 is 26.0 Å². The Balaban J connectivity index is 0.000000224. The molecule has 0 amide bonds. The Labute approximate surface area is 334 Å². The standard InChI is InChI=1S/2C22H20OS2.Ni/c2*1-2-16-13-14-20(23-18-11-7-4-8-12-18)19(15-16)22(25)21(24)17-9-5-3-6-10-17;/h2*3-15,24-25H,2H2,1H3;/p-4/b2*22-21-;. The average molecular weight is 784 g/mol. The largest absolute Gasteiger partial charge is 0.780 e. The van der Waals surface area contributed by atoms with Gasteiger partial charge < -0.3 is 60.0 Å². The third-order valence-electron chi connectivity index (χ3n) is 7.82. The van der Waals surface area contributed by atoms with Gasteiger partial charge in [-0.3, -0.25) is 0 Å². The van der Waals surface area contributed by atoms with Crippen molar-refractivity contribution in [2.75, 3.05) is 0 Å². The Hall–Kier alpha value is -4.23. The molecule has 0 aromatic heterocycles. The zero-order valence-corrected chi connectivity index (χ0v) is 32.4. The second-order valence-corrected chi connectivity index (χ2v) is 12.9. The molecule has 0 fully saturated rings. The van der Waals surface area contributed by atoms with Crippen LogP contribution in [-0.4, -0.2) is 0 Å². The third-order valence-corrected chi connectivity index (χ3v) is 9.81. The number of para-hydroxylation sites is 2. The van der Waals surface area contributed by atoms with Gasteiger partial charge in [-0.1, -0.05) is 123 Å². The summed E-state index contributed by atoms with van der Waals surface area (Å²) in [6.45, 7) is 4.24. The van der Waals surface area contributed by atoms with Crippen LogP contribution in [0.2, 0.25) is 0 Å². The predicted molar refractivity (Wildman–Crippen MR) is 221 cm³/mol. The van der Waals surface area contributed by atoms with Crippen LogP contribution < -0.4 is 9.47 Å². The molecule has 0 spiro atoms. The summed E-state index contributed by atoms with van der Waals surface area (Å²) in [5.74, 6) is 3.02. The summed E-state index contributed by atoms with van der Waals surface area (Å²) in [6.07, 6.45) is 1.86. The Bertz CT molecular complexity index is 1900. The zero-order valence-electron chi connectivity index (χ0n) is 28.2. The number of benzene rings is 6. The maximum absolute atomic E-state index is 6.07. The Kier molecular flexibility index (Phi) is 15.5. The SMILES string of the molecule is CCc1ccc(Oc2ccccc2)c(/C([S-])=C(/[S-])c2ccccc2)c1.CCc1ccc(Oc2ccccc2)c(/C([S-])=C(/[S-])c2ccccc2)c1.[Ni]. The van der Waals surface area contributed by atoms with Gasteiger partial charge in [-0.05, 0) is 94.8 Å². The molecule has 0 N–H and O–H groups in total. The van der Waals surface area contributed by atoms with Gasteiger partial charge in [-0.15, -0.1) is 0 Å². The van der Waals surface area contributed by atoms with E-state index in [2.05, 4.69) is 38.1 Å². The normalized spacial score (nSPS) is 11.5. The van der Waals surface area contributed by atoms with Crippen LogP contribution >= 0.6 is 0 Å². The second kappa shape index (κ2) is 20.0. The van der Waals surface area contributed by atoms with E-state index in [9.17, 15) is 0 Å². The van der Waals surface area contributed by atoms with E-state index in [1.807, 2.05) is 133 Å². The topological polar surface area (TPSA) is 18.5 Å². The number of hydrogen-bond acceptors (Lipinski definition) is 6. The van der Waals surface area contributed by atoms with Crippen molar-refractivity contribution >= 4 is 70.1 Å². The van der Waals surface area contributed by atoms with Crippen molar-refractivity contribution in [2.24, 2.45) is 0 Å². The van der Waals surface area contributed by atoms with E-state index in [4.69, 9.17) is 60.0 Å². The van der Waals surface area contributed by atoms with E-state index in [1.54, 1.807) is 0 Å². The molecule has 0 heterocycles. The molecule has 6 aromatic carbocycles. The molecule has 0 atom stereocenters. The Morgan fingerprint density at radius 1 is 0.412 bits per heavy atom. The maximum Gasteiger partial charge on any atom is 0.133 e. The van der Waals surface area contributed by atoms with Crippen LogP contribution in [0.15, 0.2) is 158 Å². The molecule has 2 nitrogen and oxygen atoms in total. The maximum atomic E-state index is 6.07. The van der Waals surface area contributed by atoms with E-state index in [0.29, 0.717) is 19.6 Å². The summed E-state index contributed by atoms with van der Waals surface area (Å²) in [5.41, 5.74) is 6.05. The monoisotopic (exact) mass is 782 g/mol. The van der Waals surface area contributed by atoms with E-state index < -0.39 is 0 Å². The molecule has 6 aromatic rings. The summed E-state index contributed by atoms with van der Waals surface area (Å²) in [5, 5.41) is 0. The first-order valence-corrected chi connectivity index (χ1v) is 18.0. The van der Waals surface area contributed by atoms with E-state index >= 15 is 0 Å². The van der Waals surface area contributed by atoms with Gasteiger partial charge in [0.05, 0.1) is 0 Å². The first-order chi connectivity index (χ1) is 24.4. The van der Waals surface area contributed by atoms with Crippen molar-refractivity contribution in [1.82, 2.24) is 0 Å². The fourth-order valence-electron chi connectivity index (χ4n) is 5.04. The smallest absolute Gasteiger partial charge is 0.133 e. The molecule has 0 saturated carbocycles. The minimum absolute atomic E-state index is 0. The van der Waals surface area contributed by atoms with Crippen LogP contribution in [0, 0.1) is 0 Å². The molecular formula is C44H36NiO2S4-4. The van der Waals surface area contributed by atoms with Gasteiger partial charge in [0.1, 0.15) is 23.0 Å². The molecular weight excluding hydrogens is 747 g/mol. The van der Waals surface area contributed by atoms with Crippen LogP contribution in [0.25, 0.3) is 19.6 Å². The van der Waals surface area contributed by atoms with Gasteiger partial charge in [-0.25, -0.2) is 0 Å². The molecule has 0 unspecified atom stereocenters. The number of hydrogen-bond donors (Lipinski definition) is 0. The number of rotatable bonds is 10. The summed E-state index contributed by atoms with van der Waals surface area (Å²) < 4.78 is 12.1. The molecule has 0 radical (unpaired) electrons. The molecule has 6 rings (SSSR count). The van der Waals surface area contributed by atoms with E-state index in [0.717, 1.165) is 58.1 Å². The van der Waals surface area contributed by atoms with Gasteiger partial charge in [0.15, 0.2) is 0 Å². The summed E-state index contributed by atoms with van der Waals surface area (Å²) in [6, 6.07) is 51.4. The van der Waals surface area contributed by atoms with Gasteiger partial charge in [-0.2, -0.15) is 19.6 Å². The van der Waals surface area contributed by atoms with Crippen LogP contribution in [0.1, 0.15) is 47.2 Å². The van der Waals surface area contributed by atoms with Gasteiger partial charge >= 0.3 is 0 Å². The minimum Gasteiger partial charge on any atom is -0.780 e. The van der Waals surface area contributed by atoms with Gasteiger partial charge in [0.2, 0.25) is 0 Å². The van der Waals surface area contributed by atoms with Gasteiger partial charge in [0.25, 0.3) is 0 Å². The minimum atomic E-state index is 0. The summed E-state index contributed by atoms with van der Waals surface area (Å²) in [7, 11) is 0.